The van der Waals surface area contributed by atoms with Crippen LogP contribution >= 0.6 is 56.4 Å². The Morgan fingerprint density at radius 2 is 0.646 bits per heavy atom. The molecule has 6 aromatic carbocycles. The van der Waals surface area contributed by atoms with E-state index in [0.29, 0.717) is 0 Å². The van der Waals surface area contributed by atoms with Crippen molar-refractivity contribution in [2.45, 2.75) is 9.10 Å². The van der Waals surface area contributed by atoms with Gasteiger partial charge in [-0.2, -0.15) is 0 Å². The van der Waals surface area contributed by atoms with E-state index in [9.17, 15) is 0 Å². The molecule has 7 rings (SSSR count). The number of hydrogen-bond acceptors (Lipinski definition) is 5. The third-order valence-corrected chi connectivity index (χ3v) is 48.1. The Kier molecular flexibility index (Phi) is 11.6. The Bertz CT molecular complexity index is 1890. The van der Waals surface area contributed by atoms with Crippen LogP contribution in [0.4, 0.5) is 0 Å². The fourth-order valence-corrected chi connectivity index (χ4v) is 47.9. The van der Waals surface area contributed by atoms with Gasteiger partial charge in [-0.15, -0.1) is 0 Å². The van der Waals surface area contributed by atoms with Crippen LogP contribution in [0.3, 0.4) is 0 Å². The first-order valence-electron chi connectivity index (χ1n) is 15.9. The number of thioether (sulfide) groups is 2. The van der Waals surface area contributed by atoms with Gasteiger partial charge in [0.05, 0.1) is 0 Å². The Balaban J connectivity index is 1.30. The molecule has 0 bridgehead atoms. The van der Waals surface area contributed by atoms with Crippen molar-refractivity contribution in [3.8, 4) is 0 Å². The molecular weight excluding hydrogens is 890 g/mol. The molecule has 236 valence electrons. The third kappa shape index (κ3) is 7.07. The fraction of sp³-hybridized carbons (Fsp3) is 0.0488. The van der Waals surface area contributed by atoms with Gasteiger partial charge in [-0.1, -0.05) is 0 Å². The van der Waals surface area contributed by atoms with Crippen molar-refractivity contribution >= 4 is 115 Å². The van der Waals surface area contributed by atoms with Gasteiger partial charge in [-0.05, 0) is 0 Å². The van der Waals surface area contributed by atoms with E-state index in [-0.39, 0.29) is 0 Å². The second kappa shape index (κ2) is 16.3. The first-order chi connectivity index (χ1) is 23.7. The van der Waals surface area contributed by atoms with Gasteiger partial charge in [0.15, 0.2) is 0 Å². The van der Waals surface area contributed by atoms with E-state index in [1.807, 2.05) is 22.1 Å². The molecule has 0 aliphatic rings. The third-order valence-electron chi connectivity index (χ3n) is 9.02. The Morgan fingerprint density at radius 1 is 0.375 bits per heavy atom. The van der Waals surface area contributed by atoms with E-state index in [2.05, 4.69) is 194 Å². The van der Waals surface area contributed by atoms with Gasteiger partial charge in [0.2, 0.25) is 0 Å². The molecule has 0 aliphatic carbocycles. The average Bonchev–Trinajstić information content (AvgIpc) is 3.53. The quantitative estimate of drug-likeness (QED) is 0.0527. The van der Waals surface area contributed by atoms with Gasteiger partial charge in [0.25, 0.3) is 0 Å². The van der Waals surface area contributed by atoms with Crippen LogP contribution < -0.4 is 21.5 Å². The number of benzene rings is 6. The van der Waals surface area contributed by atoms with E-state index >= 15 is 0 Å². The summed E-state index contributed by atoms with van der Waals surface area (Å²) in [5.41, 5.74) is 0. The zero-order valence-electron chi connectivity index (χ0n) is 26.3. The molecule has 0 aliphatic heterocycles. The van der Waals surface area contributed by atoms with E-state index in [1.54, 1.807) is 10.3 Å². The van der Waals surface area contributed by atoms with Gasteiger partial charge in [-0.25, -0.2) is 0 Å². The predicted molar refractivity (Wildman–Crippen MR) is 222 cm³/mol. The summed E-state index contributed by atoms with van der Waals surface area (Å²) in [6.45, 7) is 0. The second-order valence-electron chi connectivity index (χ2n) is 11.7. The fourth-order valence-electron chi connectivity index (χ4n) is 6.63. The average molecular weight is 924 g/mol. The van der Waals surface area contributed by atoms with Crippen LogP contribution in [0.2, 0.25) is 0 Å². The molecule has 1 heterocycles. The van der Waals surface area contributed by atoms with Gasteiger partial charge < -0.3 is 0 Å². The van der Waals surface area contributed by atoms with Crippen molar-refractivity contribution in [3.63, 3.8) is 0 Å². The van der Waals surface area contributed by atoms with Crippen molar-refractivity contribution in [3.05, 3.63) is 186 Å². The molecular formula is C41H34S5Sn2. The van der Waals surface area contributed by atoms with Crippen LogP contribution in [0.5, 0.6) is 0 Å². The van der Waals surface area contributed by atoms with Crippen LogP contribution in [-0.4, -0.2) is 44.3 Å². The van der Waals surface area contributed by atoms with Crippen LogP contribution in [-0.2, 0) is 0 Å². The molecule has 0 saturated carbocycles. The minimum atomic E-state index is -3.47. The van der Waals surface area contributed by atoms with Crippen LogP contribution in [0, 0.1) is 3.82 Å². The first-order valence-corrected chi connectivity index (χ1v) is 33.1. The van der Waals surface area contributed by atoms with Crippen molar-refractivity contribution in [1.29, 1.82) is 0 Å². The molecule has 0 N–H and O–H groups in total. The summed E-state index contributed by atoms with van der Waals surface area (Å²) in [7, 11) is 3.65. The molecule has 0 amide bonds. The Labute approximate surface area is 313 Å². The summed E-state index contributed by atoms with van der Waals surface area (Å²) >= 11 is 3.29. The summed E-state index contributed by atoms with van der Waals surface area (Å²) in [6.07, 6.45) is 0. The summed E-state index contributed by atoms with van der Waals surface area (Å²) < 4.78 is 13.6. The molecule has 0 nitrogen and oxygen atoms in total. The molecule has 0 radical (unpaired) electrons. The minimum absolute atomic E-state index is 1.03. The molecule has 48 heavy (non-hydrogen) atoms. The van der Waals surface area contributed by atoms with Gasteiger partial charge in [0, 0.05) is 0 Å². The van der Waals surface area contributed by atoms with E-state index in [1.165, 1.54) is 30.6 Å². The zero-order chi connectivity index (χ0) is 32.7. The Morgan fingerprint density at radius 3 is 0.938 bits per heavy atom. The summed E-state index contributed by atoms with van der Waals surface area (Å²) in [6, 6.07) is 68.0. The summed E-state index contributed by atoms with van der Waals surface area (Å²) in [4.78, 5) is 1.31. The van der Waals surface area contributed by atoms with Gasteiger partial charge >= 0.3 is 317 Å². The predicted octanol–water partition coefficient (Wildman–Crippen LogP) is 8.14. The van der Waals surface area contributed by atoms with Gasteiger partial charge in [-0.3, -0.25) is 0 Å². The standard InChI is InChI=1S/6C6H5.C5H4S5.2Sn/c6*1-2-4-6-5-3-1;1-7-3-4(6)9-10-5(3)8-2;;/h6*1-5H;1-2H2;;. The van der Waals surface area contributed by atoms with Crippen molar-refractivity contribution in [2.24, 2.45) is 0 Å². The molecule has 0 fully saturated rings. The maximum absolute atomic E-state index is 6.13. The Hall–Kier alpha value is -2.11. The zero-order valence-corrected chi connectivity index (χ0v) is 36.1. The van der Waals surface area contributed by atoms with Crippen LogP contribution in [0.1, 0.15) is 0 Å². The summed E-state index contributed by atoms with van der Waals surface area (Å²) in [5, 5.41) is 0. The van der Waals surface area contributed by atoms with E-state index in [4.69, 9.17) is 12.2 Å². The van der Waals surface area contributed by atoms with Crippen molar-refractivity contribution < 1.29 is 0 Å². The van der Waals surface area contributed by atoms with E-state index in [0.717, 1.165) is 11.4 Å². The second-order valence-corrected chi connectivity index (χ2v) is 41.9. The monoisotopic (exact) mass is 926 g/mol. The normalized spacial score (nSPS) is 11.8. The van der Waals surface area contributed by atoms with E-state index < -0.39 is 36.8 Å². The van der Waals surface area contributed by atoms with Gasteiger partial charge in [0.1, 0.15) is 0 Å². The number of hydrogen-bond donors (Lipinski definition) is 0. The van der Waals surface area contributed by atoms with Crippen LogP contribution in [0.15, 0.2) is 191 Å². The van der Waals surface area contributed by atoms with Crippen LogP contribution in [0.25, 0.3) is 0 Å². The molecule has 7 heteroatoms. The first kappa shape index (κ1) is 34.3. The van der Waals surface area contributed by atoms with Crippen molar-refractivity contribution in [1.82, 2.24) is 0 Å². The maximum atomic E-state index is 6.13. The number of rotatable bonds is 12. The SMILES string of the molecule is S=c1ssc(S[CH2][Sn]([c]2ccccc2)([c]2ccccc2)[c]2ccccc2)c1S[CH2][Sn]([c]1ccccc1)([c]1ccccc1)[c]1ccccc1. The summed E-state index contributed by atoms with van der Waals surface area (Å²) in [5.74, 6) is 0. The molecule has 0 atom stereocenters. The molecule has 0 spiro atoms. The topological polar surface area (TPSA) is 0 Å². The molecule has 0 saturated heterocycles. The molecule has 7 aromatic rings. The van der Waals surface area contributed by atoms with Crippen molar-refractivity contribution in [2.75, 3.05) is 7.54 Å². The molecule has 1 aromatic heterocycles. The molecule has 0 unspecified atom stereocenters.